The van der Waals surface area contributed by atoms with E-state index in [9.17, 15) is 0 Å². The molecule has 0 radical (unpaired) electrons. The van der Waals surface area contributed by atoms with Gasteiger partial charge in [-0.1, -0.05) is 6.92 Å². The quantitative estimate of drug-likeness (QED) is 0.636. The Labute approximate surface area is 69.8 Å². The summed E-state index contributed by atoms with van der Waals surface area (Å²) < 4.78 is 0. The van der Waals surface area contributed by atoms with Crippen molar-refractivity contribution in [1.29, 1.82) is 0 Å². The smallest absolute Gasteiger partial charge is 0.00678 e. The van der Waals surface area contributed by atoms with E-state index >= 15 is 0 Å². The summed E-state index contributed by atoms with van der Waals surface area (Å²) in [5, 5.41) is 6.87. The third kappa shape index (κ3) is 2.80. The first-order valence-electron chi connectivity index (χ1n) is 4.78. The fourth-order valence-electron chi connectivity index (χ4n) is 1.83. The van der Waals surface area contributed by atoms with Crippen LogP contribution in [0.15, 0.2) is 0 Å². The van der Waals surface area contributed by atoms with Gasteiger partial charge in [-0.25, -0.2) is 0 Å². The molecule has 1 heterocycles. The maximum atomic E-state index is 3.49. The van der Waals surface area contributed by atoms with E-state index in [4.69, 9.17) is 0 Å². The number of hydrogen-bond acceptors (Lipinski definition) is 2. The molecule has 11 heavy (non-hydrogen) atoms. The van der Waals surface area contributed by atoms with Crippen LogP contribution in [0.2, 0.25) is 0 Å². The largest absolute Gasteiger partial charge is 0.317 e. The number of nitrogens with one attached hydrogen (secondary N) is 2. The summed E-state index contributed by atoms with van der Waals surface area (Å²) in [5.41, 5.74) is 0. The highest BCUT2D eigenvalue weighted by Crippen LogP contribution is 2.15. The molecule has 0 spiro atoms. The number of rotatable bonds is 3. The van der Waals surface area contributed by atoms with Crippen molar-refractivity contribution in [3.05, 3.63) is 0 Å². The number of hydrogen-bond donors (Lipinski definition) is 2. The van der Waals surface area contributed by atoms with Crippen LogP contribution in [0.1, 0.15) is 26.7 Å². The first-order chi connectivity index (χ1) is 5.34. The van der Waals surface area contributed by atoms with Crippen molar-refractivity contribution in [2.75, 3.05) is 19.6 Å². The first-order valence-corrected chi connectivity index (χ1v) is 4.78. The second kappa shape index (κ2) is 4.73. The van der Waals surface area contributed by atoms with E-state index in [0.717, 1.165) is 12.5 Å². The predicted octanol–water partition coefficient (Wildman–Crippen LogP) is 0.984. The minimum absolute atomic E-state index is 0.710. The molecule has 0 unspecified atom stereocenters. The predicted molar refractivity (Wildman–Crippen MR) is 48.7 cm³/mol. The fourth-order valence-corrected chi connectivity index (χ4v) is 1.83. The molecule has 0 aromatic rings. The zero-order chi connectivity index (χ0) is 8.10. The van der Waals surface area contributed by atoms with E-state index in [2.05, 4.69) is 24.5 Å². The molecule has 1 rings (SSSR count). The van der Waals surface area contributed by atoms with E-state index in [-0.39, 0.29) is 0 Å². The van der Waals surface area contributed by atoms with E-state index < -0.39 is 0 Å². The van der Waals surface area contributed by atoms with Gasteiger partial charge in [0.1, 0.15) is 0 Å². The summed E-state index contributed by atoms with van der Waals surface area (Å²) in [6.07, 6.45) is 2.68. The molecule has 1 aliphatic rings. The van der Waals surface area contributed by atoms with E-state index in [1.54, 1.807) is 0 Å². The molecule has 66 valence electrons. The zero-order valence-corrected chi connectivity index (χ0v) is 7.69. The van der Waals surface area contributed by atoms with Crippen LogP contribution in [0, 0.1) is 5.92 Å². The standard InChI is InChI=1S/C9H20N2/c1-3-11-8(2)9-4-6-10-7-5-9/h8-11H,3-7H2,1-2H3/t8-/m0/s1. The van der Waals surface area contributed by atoms with Gasteiger partial charge in [0.25, 0.3) is 0 Å². The van der Waals surface area contributed by atoms with Gasteiger partial charge in [0.05, 0.1) is 0 Å². The zero-order valence-electron chi connectivity index (χ0n) is 7.69. The maximum absolute atomic E-state index is 3.49. The van der Waals surface area contributed by atoms with Crippen molar-refractivity contribution in [2.24, 2.45) is 5.92 Å². The summed E-state index contributed by atoms with van der Waals surface area (Å²) in [7, 11) is 0. The normalized spacial score (nSPS) is 23.5. The van der Waals surface area contributed by atoms with Gasteiger partial charge in [0.2, 0.25) is 0 Å². The lowest BCUT2D eigenvalue weighted by Gasteiger charge is -2.28. The SMILES string of the molecule is CCN[C@@H](C)C1CCNCC1. The van der Waals surface area contributed by atoms with Gasteiger partial charge in [0, 0.05) is 6.04 Å². The summed E-state index contributed by atoms with van der Waals surface area (Å²) in [6.45, 7) is 8.00. The maximum Gasteiger partial charge on any atom is 0.00678 e. The highest BCUT2D eigenvalue weighted by Gasteiger charge is 2.18. The van der Waals surface area contributed by atoms with E-state index in [1.165, 1.54) is 25.9 Å². The topological polar surface area (TPSA) is 24.1 Å². The van der Waals surface area contributed by atoms with Gasteiger partial charge in [-0.3, -0.25) is 0 Å². The minimum Gasteiger partial charge on any atom is -0.317 e. The van der Waals surface area contributed by atoms with Crippen LogP contribution < -0.4 is 10.6 Å². The summed E-state index contributed by atoms with van der Waals surface area (Å²) >= 11 is 0. The van der Waals surface area contributed by atoms with Crippen LogP contribution in [-0.4, -0.2) is 25.7 Å². The van der Waals surface area contributed by atoms with Crippen LogP contribution in [0.4, 0.5) is 0 Å². The Morgan fingerprint density at radius 3 is 2.64 bits per heavy atom. The fraction of sp³-hybridized carbons (Fsp3) is 1.00. The Hall–Kier alpha value is -0.0800. The van der Waals surface area contributed by atoms with E-state index in [1.807, 2.05) is 0 Å². The molecule has 0 amide bonds. The van der Waals surface area contributed by atoms with Crippen molar-refractivity contribution in [1.82, 2.24) is 10.6 Å². The minimum atomic E-state index is 0.710. The molecule has 0 bridgehead atoms. The third-order valence-corrected chi connectivity index (χ3v) is 2.62. The second-order valence-corrected chi connectivity index (χ2v) is 3.43. The Kier molecular flexibility index (Phi) is 3.87. The van der Waals surface area contributed by atoms with Gasteiger partial charge in [-0.05, 0) is 45.3 Å². The Bertz CT molecular complexity index is 97.7. The van der Waals surface area contributed by atoms with Crippen molar-refractivity contribution in [3.63, 3.8) is 0 Å². The lowest BCUT2D eigenvalue weighted by atomic mass is 9.91. The second-order valence-electron chi connectivity index (χ2n) is 3.43. The van der Waals surface area contributed by atoms with E-state index in [0.29, 0.717) is 6.04 Å². The molecule has 0 aromatic heterocycles. The highest BCUT2D eigenvalue weighted by atomic mass is 14.9. The van der Waals surface area contributed by atoms with Gasteiger partial charge in [-0.15, -0.1) is 0 Å². The highest BCUT2D eigenvalue weighted by molar-refractivity contribution is 4.76. The number of piperidine rings is 1. The monoisotopic (exact) mass is 156 g/mol. The molecule has 2 nitrogen and oxygen atoms in total. The Balaban J connectivity index is 2.21. The molecule has 1 saturated heterocycles. The first kappa shape index (κ1) is 9.01. The van der Waals surface area contributed by atoms with Crippen molar-refractivity contribution in [3.8, 4) is 0 Å². The summed E-state index contributed by atoms with van der Waals surface area (Å²) in [6, 6.07) is 0.710. The average Bonchev–Trinajstić information content (AvgIpc) is 2.07. The molecule has 0 saturated carbocycles. The molecule has 0 aliphatic carbocycles. The van der Waals surface area contributed by atoms with Crippen LogP contribution in [-0.2, 0) is 0 Å². The Morgan fingerprint density at radius 1 is 1.45 bits per heavy atom. The third-order valence-electron chi connectivity index (χ3n) is 2.62. The Morgan fingerprint density at radius 2 is 2.09 bits per heavy atom. The van der Waals surface area contributed by atoms with Crippen LogP contribution in [0.25, 0.3) is 0 Å². The summed E-state index contributed by atoms with van der Waals surface area (Å²) in [4.78, 5) is 0. The molecular weight excluding hydrogens is 136 g/mol. The van der Waals surface area contributed by atoms with Crippen LogP contribution in [0.5, 0.6) is 0 Å². The van der Waals surface area contributed by atoms with Crippen LogP contribution >= 0.6 is 0 Å². The molecular formula is C9H20N2. The van der Waals surface area contributed by atoms with Gasteiger partial charge < -0.3 is 10.6 Å². The van der Waals surface area contributed by atoms with Crippen LogP contribution in [0.3, 0.4) is 0 Å². The van der Waals surface area contributed by atoms with Crippen molar-refractivity contribution < 1.29 is 0 Å². The average molecular weight is 156 g/mol. The van der Waals surface area contributed by atoms with Crippen molar-refractivity contribution >= 4 is 0 Å². The lowest BCUT2D eigenvalue weighted by Crippen LogP contribution is -2.39. The van der Waals surface area contributed by atoms with Gasteiger partial charge in [0.15, 0.2) is 0 Å². The van der Waals surface area contributed by atoms with Gasteiger partial charge >= 0.3 is 0 Å². The molecule has 1 aliphatic heterocycles. The molecule has 1 atom stereocenters. The van der Waals surface area contributed by atoms with Gasteiger partial charge in [-0.2, -0.15) is 0 Å². The summed E-state index contributed by atoms with van der Waals surface area (Å²) in [5.74, 6) is 0.899. The van der Waals surface area contributed by atoms with Crippen molar-refractivity contribution in [2.45, 2.75) is 32.7 Å². The molecule has 2 heteroatoms. The molecule has 1 fully saturated rings. The lowest BCUT2D eigenvalue weighted by molar-refractivity contribution is 0.296. The molecule has 0 aromatic carbocycles. The molecule has 2 N–H and O–H groups in total.